The summed E-state index contributed by atoms with van der Waals surface area (Å²) in [6.07, 6.45) is 0. The number of aromatic nitrogens is 2. The van der Waals surface area contributed by atoms with Crippen molar-refractivity contribution in [2.24, 2.45) is 0 Å². The van der Waals surface area contributed by atoms with Crippen LogP contribution in [0.3, 0.4) is 0 Å². The maximum atomic E-state index is 13.8. The Labute approximate surface area is 150 Å². The lowest BCUT2D eigenvalue weighted by Gasteiger charge is -2.11. The van der Waals surface area contributed by atoms with Crippen LogP contribution < -0.4 is 16.0 Å². The zero-order valence-electron chi connectivity index (χ0n) is 14.4. The Hall–Kier alpha value is -3.48. The van der Waals surface area contributed by atoms with Crippen molar-refractivity contribution in [1.82, 2.24) is 9.97 Å². The van der Waals surface area contributed by atoms with Crippen molar-refractivity contribution in [1.29, 1.82) is 0 Å². The summed E-state index contributed by atoms with van der Waals surface area (Å²) in [4.78, 5) is 19.7. The number of aryl methyl sites for hydroxylation is 1. The van der Waals surface area contributed by atoms with E-state index < -0.39 is 0 Å². The van der Waals surface area contributed by atoms with Gasteiger partial charge in [-0.15, -0.1) is 0 Å². The third-order valence-electron chi connectivity index (χ3n) is 3.45. The van der Waals surface area contributed by atoms with Crippen molar-refractivity contribution in [2.75, 3.05) is 16.0 Å². The van der Waals surface area contributed by atoms with Gasteiger partial charge in [-0.05, 0) is 43.3 Å². The van der Waals surface area contributed by atoms with E-state index in [9.17, 15) is 9.18 Å². The molecule has 0 saturated carbocycles. The Morgan fingerprint density at radius 3 is 2.35 bits per heavy atom. The molecule has 0 atom stereocenters. The number of para-hydroxylation sites is 1. The second kappa shape index (κ2) is 7.60. The first kappa shape index (κ1) is 17.3. The molecule has 0 radical (unpaired) electrons. The average Bonchev–Trinajstić information content (AvgIpc) is 2.58. The van der Waals surface area contributed by atoms with Gasteiger partial charge in [0.25, 0.3) is 0 Å². The van der Waals surface area contributed by atoms with Gasteiger partial charge >= 0.3 is 0 Å². The summed E-state index contributed by atoms with van der Waals surface area (Å²) in [6.45, 7) is 3.29. The van der Waals surface area contributed by atoms with Crippen molar-refractivity contribution >= 4 is 34.7 Å². The molecule has 26 heavy (non-hydrogen) atoms. The molecule has 1 aromatic heterocycles. The molecule has 1 heterocycles. The molecule has 3 N–H and O–H groups in total. The standard InChI is InChI=1S/C19H18FN5O/c1-12-11-18(23-15-9-7-14(8-10-15)22-13(2)26)25-19(21-12)24-17-6-4-3-5-16(17)20/h3-11H,1-2H3,(H,22,26)(H2,21,23,24,25). The lowest BCUT2D eigenvalue weighted by molar-refractivity contribution is -0.114. The molecule has 7 heteroatoms. The first-order valence-corrected chi connectivity index (χ1v) is 8.01. The topological polar surface area (TPSA) is 78.9 Å². The number of anilines is 5. The smallest absolute Gasteiger partial charge is 0.229 e. The summed E-state index contributed by atoms with van der Waals surface area (Å²) in [6, 6.07) is 15.4. The average molecular weight is 351 g/mol. The minimum absolute atomic E-state index is 0.124. The van der Waals surface area contributed by atoms with Crippen LogP contribution >= 0.6 is 0 Å². The van der Waals surface area contributed by atoms with Crippen molar-refractivity contribution < 1.29 is 9.18 Å². The fourth-order valence-corrected chi connectivity index (χ4v) is 2.36. The van der Waals surface area contributed by atoms with Gasteiger partial charge < -0.3 is 16.0 Å². The van der Waals surface area contributed by atoms with Crippen LogP contribution in [0.4, 0.5) is 33.2 Å². The van der Waals surface area contributed by atoms with Crippen molar-refractivity contribution in [3.05, 3.63) is 66.1 Å². The first-order chi connectivity index (χ1) is 12.5. The Morgan fingerprint density at radius 2 is 1.65 bits per heavy atom. The number of rotatable bonds is 5. The second-order valence-corrected chi connectivity index (χ2v) is 5.71. The number of nitrogens with zero attached hydrogens (tertiary/aromatic N) is 2. The highest BCUT2D eigenvalue weighted by molar-refractivity contribution is 5.88. The Morgan fingerprint density at radius 1 is 0.962 bits per heavy atom. The molecule has 2 aromatic carbocycles. The largest absolute Gasteiger partial charge is 0.340 e. The Kier molecular flexibility index (Phi) is 5.07. The van der Waals surface area contributed by atoms with Gasteiger partial charge in [-0.2, -0.15) is 4.98 Å². The zero-order chi connectivity index (χ0) is 18.5. The van der Waals surface area contributed by atoms with E-state index in [2.05, 4.69) is 25.9 Å². The van der Waals surface area contributed by atoms with Crippen LogP contribution in [-0.2, 0) is 4.79 Å². The maximum absolute atomic E-state index is 13.8. The second-order valence-electron chi connectivity index (χ2n) is 5.71. The van der Waals surface area contributed by atoms with Crippen LogP contribution in [0.2, 0.25) is 0 Å². The lowest BCUT2D eigenvalue weighted by atomic mass is 10.2. The van der Waals surface area contributed by atoms with Gasteiger partial charge in [-0.3, -0.25) is 4.79 Å². The van der Waals surface area contributed by atoms with E-state index in [-0.39, 0.29) is 11.7 Å². The number of carbonyl (C=O) groups is 1. The van der Waals surface area contributed by atoms with Crippen molar-refractivity contribution in [3.63, 3.8) is 0 Å². The number of halogens is 1. The molecule has 132 valence electrons. The van der Waals surface area contributed by atoms with Crippen LogP contribution in [0.15, 0.2) is 54.6 Å². The van der Waals surface area contributed by atoms with Gasteiger partial charge in [-0.1, -0.05) is 12.1 Å². The summed E-state index contributed by atoms with van der Waals surface area (Å²) in [5.41, 5.74) is 2.55. The lowest BCUT2D eigenvalue weighted by Crippen LogP contribution is -2.05. The van der Waals surface area contributed by atoms with Gasteiger partial charge in [0.1, 0.15) is 11.6 Å². The number of amides is 1. The van der Waals surface area contributed by atoms with Crippen LogP contribution in [0.5, 0.6) is 0 Å². The Balaban J connectivity index is 1.77. The molecule has 0 aliphatic rings. The molecule has 0 fully saturated rings. The van der Waals surface area contributed by atoms with Gasteiger partial charge in [0, 0.05) is 30.1 Å². The highest BCUT2D eigenvalue weighted by atomic mass is 19.1. The number of nitrogens with one attached hydrogen (secondary N) is 3. The van der Waals surface area contributed by atoms with Crippen LogP contribution in [0.25, 0.3) is 0 Å². The van der Waals surface area contributed by atoms with Crippen LogP contribution in [-0.4, -0.2) is 15.9 Å². The molecule has 0 aliphatic heterocycles. The molecule has 6 nitrogen and oxygen atoms in total. The van der Waals surface area contributed by atoms with E-state index in [0.717, 1.165) is 11.4 Å². The highest BCUT2D eigenvalue weighted by Gasteiger charge is 2.06. The SMILES string of the molecule is CC(=O)Nc1ccc(Nc2cc(C)nc(Nc3ccccc3F)n2)cc1. The normalized spacial score (nSPS) is 10.3. The predicted octanol–water partition coefficient (Wildman–Crippen LogP) is 4.37. The number of benzene rings is 2. The van der Waals surface area contributed by atoms with Crippen LogP contribution in [0.1, 0.15) is 12.6 Å². The minimum atomic E-state index is -0.374. The van der Waals surface area contributed by atoms with E-state index >= 15 is 0 Å². The molecule has 3 aromatic rings. The summed E-state index contributed by atoms with van der Waals surface area (Å²) in [5.74, 6) is 0.373. The van der Waals surface area contributed by atoms with Gasteiger partial charge in [-0.25, -0.2) is 9.37 Å². The summed E-state index contributed by atoms with van der Waals surface area (Å²) >= 11 is 0. The first-order valence-electron chi connectivity index (χ1n) is 8.01. The molecular formula is C19H18FN5O. The van der Waals surface area contributed by atoms with Gasteiger partial charge in [0.05, 0.1) is 5.69 Å². The molecule has 0 aliphatic carbocycles. The summed E-state index contributed by atoms with van der Waals surface area (Å²) < 4.78 is 13.8. The molecule has 0 saturated heterocycles. The summed E-state index contributed by atoms with van der Waals surface area (Å²) in [5, 5.41) is 8.76. The zero-order valence-corrected chi connectivity index (χ0v) is 14.4. The van der Waals surface area contributed by atoms with Crippen molar-refractivity contribution in [3.8, 4) is 0 Å². The summed E-state index contributed by atoms with van der Waals surface area (Å²) in [7, 11) is 0. The number of hydrogen-bond donors (Lipinski definition) is 3. The molecule has 0 bridgehead atoms. The predicted molar refractivity (Wildman–Crippen MR) is 100 cm³/mol. The molecule has 1 amide bonds. The van der Waals surface area contributed by atoms with E-state index in [1.807, 2.05) is 19.1 Å². The number of hydrogen-bond acceptors (Lipinski definition) is 5. The Bertz CT molecular complexity index is 927. The monoisotopic (exact) mass is 351 g/mol. The van der Waals surface area contributed by atoms with E-state index in [4.69, 9.17) is 0 Å². The van der Waals surface area contributed by atoms with Gasteiger partial charge in [0.15, 0.2) is 0 Å². The molecular weight excluding hydrogens is 333 g/mol. The minimum Gasteiger partial charge on any atom is -0.340 e. The highest BCUT2D eigenvalue weighted by Crippen LogP contribution is 2.21. The molecule has 0 spiro atoms. The van der Waals surface area contributed by atoms with Gasteiger partial charge in [0.2, 0.25) is 11.9 Å². The van der Waals surface area contributed by atoms with Crippen LogP contribution in [0, 0.1) is 12.7 Å². The quantitative estimate of drug-likeness (QED) is 0.636. The molecule has 0 unspecified atom stereocenters. The fraction of sp³-hybridized carbons (Fsp3) is 0.105. The van der Waals surface area contributed by atoms with E-state index in [0.29, 0.717) is 23.1 Å². The fourth-order valence-electron chi connectivity index (χ4n) is 2.36. The number of carbonyl (C=O) groups excluding carboxylic acids is 1. The molecule has 3 rings (SSSR count). The third kappa shape index (κ3) is 4.54. The van der Waals surface area contributed by atoms with E-state index in [1.54, 1.807) is 36.4 Å². The van der Waals surface area contributed by atoms with Crippen molar-refractivity contribution in [2.45, 2.75) is 13.8 Å². The third-order valence-corrected chi connectivity index (χ3v) is 3.45. The van der Waals surface area contributed by atoms with E-state index in [1.165, 1.54) is 13.0 Å². The maximum Gasteiger partial charge on any atom is 0.229 e.